The standard InChI is InChI=1S/C40H66N4O12/c1-36(2,3)52-31(46)22-43(23-32(47)53-37(4,5)6)21-29(44(24-33(48)54-38(7,8)9)25-34(49)55-39(10,11)12)20-27-16-18-28(19-17-27)41-30(45)26-51-42-35(50)56-40(13,14)15/h16-19,29H,20-26H2,1-15H3,(H,41,45)(H,42,50). The highest BCUT2D eigenvalue weighted by Crippen LogP contribution is 2.19. The summed E-state index contributed by atoms with van der Waals surface area (Å²) in [6, 6.07) is 6.10. The van der Waals surface area contributed by atoms with Crippen LogP contribution in [0, 0.1) is 0 Å². The van der Waals surface area contributed by atoms with Gasteiger partial charge in [0.15, 0.2) is 6.61 Å². The molecule has 0 saturated carbocycles. The van der Waals surface area contributed by atoms with Gasteiger partial charge in [-0.05, 0) is 128 Å². The minimum Gasteiger partial charge on any atom is -0.459 e. The third kappa shape index (κ3) is 25.0. The lowest BCUT2D eigenvalue weighted by Crippen LogP contribution is -2.52. The van der Waals surface area contributed by atoms with Gasteiger partial charge in [0.1, 0.15) is 28.0 Å². The molecule has 1 unspecified atom stereocenters. The van der Waals surface area contributed by atoms with E-state index in [1.54, 1.807) is 138 Å². The molecular formula is C40H66N4O12. The Morgan fingerprint density at radius 3 is 1.30 bits per heavy atom. The monoisotopic (exact) mass is 794 g/mol. The molecule has 0 saturated heterocycles. The third-order valence-electron chi connectivity index (χ3n) is 6.50. The van der Waals surface area contributed by atoms with Crippen molar-refractivity contribution in [2.75, 3.05) is 44.6 Å². The van der Waals surface area contributed by atoms with Crippen LogP contribution in [0.3, 0.4) is 0 Å². The van der Waals surface area contributed by atoms with Crippen LogP contribution >= 0.6 is 0 Å². The zero-order valence-corrected chi connectivity index (χ0v) is 36.1. The number of carbonyl (C=O) groups excluding carboxylic acids is 6. The average molecular weight is 795 g/mol. The molecule has 1 aromatic carbocycles. The van der Waals surface area contributed by atoms with E-state index in [9.17, 15) is 28.8 Å². The molecule has 0 aliphatic rings. The molecule has 56 heavy (non-hydrogen) atoms. The van der Waals surface area contributed by atoms with Crippen LogP contribution in [-0.2, 0) is 58.9 Å². The van der Waals surface area contributed by atoms with Crippen LogP contribution in [0.2, 0.25) is 0 Å². The predicted octanol–water partition coefficient (Wildman–Crippen LogP) is 4.96. The predicted molar refractivity (Wildman–Crippen MR) is 209 cm³/mol. The number of hydrogen-bond donors (Lipinski definition) is 2. The third-order valence-corrected chi connectivity index (χ3v) is 6.50. The molecule has 0 spiro atoms. The van der Waals surface area contributed by atoms with Crippen molar-refractivity contribution in [3.63, 3.8) is 0 Å². The Morgan fingerprint density at radius 2 is 0.929 bits per heavy atom. The highest BCUT2D eigenvalue weighted by Gasteiger charge is 2.32. The van der Waals surface area contributed by atoms with Crippen LogP contribution in [0.15, 0.2) is 24.3 Å². The van der Waals surface area contributed by atoms with E-state index in [2.05, 4.69) is 10.8 Å². The highest BCUT2D eigenvalue weighted by atomic mass is 16.7. The molecule has 16 nitrogen and oxygen atoms in total. The van der Waals surface area contributed by atoms with E-state index in [0.29, 0.717) is 5.69 Å². The normalized spacial score (nSPS) is 13.1. The fourth-order valence-corrected chi connectivity index (χ4v) is 4.95. The number of amides is 2. The number of benzene rings is 1. The van der Waals surface area contributed by atoms with E-state index in [1.165, 1.54) is 0 Å². The van der Waals surface area contributed by atoms with Gasteiger partial charge in [-0.3, -0.25) is 38.6 Å². The zero-order valence-electron chi connectivity index (χ0n) is 36.1. The summed E-state index contributed by atoms with van der Waals surface area (Å²) in [5, 5.41) is 2.68. The maximum absolute atomic E-state index is 13.3. The Labute approximate surface area is 332 Å². The summed E-state index contributed by atoms with van der Waals surface area (Å²) in [5.74, 6) is -2.92. The molecule has 0 aromatic heterocycles. The summed E-state index contributed by atoms with van der Waals surface area (Å²) in [5.41, 5.74) is -0.776. The number of hydroxylamine groups is 1. The fraction of sp³-hybridized carbons (Fsp3) is 0.700. The van der Waals surface area contributed by atoms with Crippen molar-refractivity contribution in [3.05, 3.63) is 29.8 Å². The van der Waals surface area contributed by atoms with Gasteiger partial charge in [-0.15, -0.1) is 0 Å². The summed E-state index contributed by atoms with van der Waals surface area (Å²) < 4.78 is 27.5. The molecule has 2 amide bonds. The molecule has 1 rings (SSSR count). The molecule has 0 radical (unpaired) electrons. The second kappa shape index (κ2) is 20.8. The van der Waals surface area contributed by atoms with Gasteiger partial charge in [0.05, 0.1) is 26.2 Å². The van der Waals surface area contributed by atoms with E-state index in [4.69, 9.17) is 28.5 Å². The van der Waals surface area contributed by atoms with Crippen LogP contribution < -0.4 is 10.8 Å². The van der Waals surface area contributed by atoms with Crippen LogP contribution in [0.4, 0.5) is 10.5 Å². The van der Waals surface area contributed by atoms with Gasteiger partial charge >= 0.3 is 30.0 Å². The van der Waals surface area contributed by atoms with E-state index in [1.807, 2.05) is 0 Å². The number of carbonyl (C=O) groups is 6. The van der Waals surface area contributed by atoms with E-state index in [0.717, 1.165) is 5.56 Å². The highest BCUT2D eigenvalue weighted by molar-refractivity contribution is 5.91. The average Bonchev–Trinajstić information content (AvgIpc) is 2.92. The van der Waals surface area contributed by atoms with E-state index in [-0.39, 0.29) is 39.1 Å². The van der Waals surface area contributed by atoms with Crippen molar-refractivity contribution in [1.82, 2.24) is 15.3 Å². The van der Waals surface area contributed by atoms with Gasteiger partial charge < -0.3 is 29.0 Å². The summed E-state index contributed by atoms with van der Waals surface area (Å²) in [6.45, 7) is 24.1. The summed E-state index contributed by atoms with van der Waals surface area (Å²) in [7, 11) is 0. The van der Waals surface area contributed by atoms with Gasteiger partial charge in [0.25, 0.3) is 5.91 Å². The van der Waals surface area contributed by atoms with Crippen molar-refractivity contribution >= 4 is 41.6 Å². The Hall–Kier alpha value is -4.28. The van der Waals surface area contributed by atoms with Crippen molar-refractivity contribution in [1.29, 1.82) is 0 Å². The fourth-order valence-electron chi connectivity index (χ4n) is 4.95. The molecule has 0 bridgehead atoms. The SMILES string of the molecule is CC(C)(C)OC(=O)CN(CC(=O)OC(C)(C)C)CC(Cc1ccc(NC(=O)CONC(=O)OC(C)(C)C)cc1)N(CC(=O)OC(C)(C)C)CC(=O)OC(C)(C)C. The topological polar surface area (TPSA) is 188 Å². The smallest absolute Gasteiger partial charge is 0.431 e. The summed E-state index contributed by atoms with van der Waals surface area (Å²) in [6.07, 6.45) is -0.630. The van der Waals surface area contributed by atoms with Crippen molar-refractivity contribution in [2.24, 2.45) is 0 Å². The first-order valence-corrected chi connectivity index (χ1v) is 18.6. The van der Waals surface area contributed by atoms with Gasteiger partial charge in [0.2, 0.25) is 0 Å². The Kier molecular flexibility index (Phi) is 18.4. The Bertz CT molecular complexity index is 1420. The van der Waals surface area contributed by atoms with E-state index >= 15 is 0 Å². The van der Waals surface area contributed by atoms with E-state index < -0.39 is 76.5 Å². The van der Waals surface area contributed by atoms with Crippen LogP contribution in [0.1, 0.15) is 109 Å². The quantitative estimate of drug-likeness (QED) is 0.122. The maximum atomic E-state index is 13.3. The molecule has 0 aliphatic carbocycles. The second-order valence-corrected chi connectivity index (χ2v) is 18.4. The Morgan fingerprint density at radius 1 is 0.554 bits per heavy atom. The molecular weight excluding hydrogens is 728 g/mol. The van der Waals surface area contributed by atoms with Gasteiger partial charge in [-0.1, -0.05) is 12.1 Å². The van der Waals surface area contributed by atoms with Crippen molar-refractivity contribution in [2.45, 2.75) is 144 Å². The number of nitrogens with one attached hydrogen (secondary N) is 2. The lowest BCUT2D eigenvalue weighted by Gasteiger charge is -2.36. The first-order chi connectivity index (χ1) is 25.3. The largest absolute Gasteiger partial charge is 0.459 e. The number of esters is 4. The number of ether oxygens (including phenoxy) is 5. The molecule has 1 aromatic rings. The van der Waals surface area contributed by atoms with Crippen LogP contribution in [-0.4, -0.2) is 119 Å². The first-order valence-electron chi connectivity index (χ1n) is 18.6. The summed E-state index contributed by atoms with van der Waals surface area (Å²) >= 11 is 0. The molecule has 318 valence electrons. The van der Waals surface area contributed by atoms with Crippen LogP contribution in [0.5, 0.6) is 0 Å². The van der Waals surface area contributed by atoms with Gasteiger partial charge in [-0.2, -0.15) is 5.48 Å². The number of rotatable bonds is 17. The van der Waals surface area contributed by atoms with Crippen molar-refractivity contribution in [3.8, 4) is 0 Å². The first kappa shape index (κ1) is 49.7. The minimum atomic E-state index is -0.840. The lowest BCUT2D eigenvalue weighted by atomic mass is 10.0. The molecule has 2 N–H and O–H groups in total. The molecule has 16 heteroatoms. The molecule has 0 fully saturated rings. The van der Waals surface area contributed by atoms with Crippen LogP contribution in [0.25, 0.3) is 0 Å². The molecule has 1 atom stereocenters. The second-order valence-electron chi connectivity index (χ2n) is 18.4. The summed E-state index contributed by atoms with van der Waals surface area (Å²) in [4.78, 5) is 85.3. The number of anilines is 1. The molecule has 0 aliphatic heterocycles. The van der Waals surface area contributed by atoms with Gasteiger partial charge in [-0.25, -0.2) is 4.79 Å². The Balaban J connectivity index is 3.52. The molecule has 0 heterocycles. The number of nitrogens with zero attached hydrogens (tertiary/aromatic N) is 2. The maximum Gasteiger partial charge on any atom is 0.431 e. The van der Waals surface area contributed by atoms with Gasteiger partial charge in [0, 0.05) is 18.3 Å². The van der Waals surface area contributed by atoms with Crippen molar-refractivity contribution < 1.29 is 57.3 Å². The minimum absolute atomic E-state index is 0.00452. The zero-order chi connectivity index (χ0) is 43.3. The lowest BCUT2D eigenvalue weighted by molar-refractivity contribution is -0.165. The number of hydrogen-bond acceptors (Lipinski definition) is 14.